The number of nitrogens with zero attached hydrogens (tertiary/aromatic N) is 1. The Balaban J connectivity index is 1.66. The number of carbonyl (C=O) groups is 3. The van der Waals surface area contributed by atoms with E-state index in [0.29, 0.717) is 29.9 Å². The van der Waals surface area contributed by atoms with Crippen molar-refractivity contribution in [1.82, 2.24) is 4.90 Å². The Kier molecular flexibility index (Phi) is 6.11. The summed E-state index contributed by atoms with van der Waals surface area (Å²) in [4.78, 5) is 37.7. The molecule has 0 aromatic heterocycles. The maximum atomic E-state index is 13.3. The Hall–Kier alpha value is -3.42. The van der Waals surface area contributed by atoms with Crippen LogP contribution in [0, 0.1) is 17.7 Å². The third-order valence-corrected chi connectivity index (χ3v) is 4.75. The second-order valence-electron chi connectivity index (χ2n) is 7.26. The highest BCUT2D eigenvalue weighted by Crippen LogP contribution is 2.23. The van der Waals surface area contributed by atoms with Gasteiger partial charge >= 0.3 is 12.0 Å². The van der Waals surface area contributed by atoms with Gasteiger partial charge < -0.3 is 20.6 Å². The summed E-state index contributed by atoms with van der Waals surface area (Å²) in [5, 5.41) is 14.6. The number of carbonyl (C=O) groups excluding carboxylic acids is 2. The molecular formula is C21H22FN3O4. The van der Waals surface area contributed by atoms with Gasteiger partial charge in [-0.3, -0.25) is 9.59 Å². The number of benzene rings is 2. The first-order valence-electron chi connectivity index (χ1n) is 9.27. The van der Waals surface area contributed by atoms with Gasteiger partial charge in [-0.2, -0.15) is 0 Å². The van der Waals surface area contributed by atoms with Crippen LogP contribution in [0.2, 0.25) is 0 Å². The summed E-state index contributed by atoms with van der Waals surface area (Å²) in [5.74, 6) is -2.32. The van der Waals surface area contributed by atoms with Crippen LogP contribution in [-0.2, 0) is 4.79 Å². The van der Waals surface area contributed by atoms with Crippen molar-refractivity contribution in [2.75, 3.05) is 23.7 Å². The van der Waals surface area contributed by atoms with Crippen molar-refractivity contribution in [3.63, 3.8) is 0 Å². The van der Waals surface area contributed by atoms with Crippen molar-refractivity contribution < 1.29 is 23.9 Å². The van der Waals surface area contributed by atoms with Crippen molar-refractivity contribution in [2.24, 2.45) is 11.8 Å². The fraction of sp³-hybridized carbons (Fsp3) is 0.286. The highest BCUT2D eigenvalue weighted by atomic mass is 19.1. The van der Waals surface area contributed by atoms with Gasteiger partial charge in [-0.15, -0.1) is 0 Å². The van der Waals surface area contributed by atoms with E-state index >= 15 is 0 Å². The molecule has 1 heterocycles. The van der Waals surface area contributed by atoms with Crippen LogP contribution < -0.4 is 10.6 Å². The number of nitrogens with one attached hydrogen (secondary N) is 2. The number of amides is 3. The Morgan fingerprint density at radius 1 is 1.03 bits per heavy atom. The summed E-state index contributed by atoms with van der Waals surface area (Å²) in [6.07, 6.45) is 0.537. The van der Waals surface area contributed by atoms with E-state index in [1.165, 1.54) is 29.2 Å². The summed E-state index contributed by atoms with van der Waals surface area (Å²) in [6.45, 7) is 2.52. The minimum atomic E-state index is -0.912. The summed E-state index contributed by atoms with van der Waals surface area (Å²) in [5.41, 5.74) is 1.03. The number of likely N-dealkylation sites (tertiary alicyclic amines) is 1. The van der Waals surface area contributed by atoms with Crippen LogP contribution in [0.25, 0.3) is 0 Å². The minimum Gasteiger partial charge on any atom is -0.481 e. The van der Waals surface area contributed by atoms with Crippen LogP contribution in [0.3, 0.4) is 0 Å². The van der Waals surface area contributed by atoms with Crippen LogP contribution in [0.15, 0.2) is 48.5 Å². The van der Waals surface area contributed by atoms with Gasteiger partial charge in [-0.25, -0.2) is 9.18 Å². The van der Waals surface area contributed by atoms with E-state index in [4.69, 9.17) is 0 Å². The maximum absolute atomic E-state index is 13.3. The summed E-state index contributed by atoms with van der Waals surface area (Å²) < 4.78 is 13.3. The van der Waals surface area contributed by atoms with E-state index < -0.39 is 29.6 Å². The van der Waals surface area contributed by atoms with Crippen LogP contribution in [0.1, 0.15) is 23.7 Å². The molecule has 2 unspecified atom stereocenters. The summed E-state index contributed by atoms with van der Waals surface area (Å²) in [6, 6.07) is 11.5. The lowest BCUT2D eigenvalue weighted by Gasteiger charge is -2.34. The molecule has 0 saturated carbocycles. The number of piperidine rings is 1. The predicted molar refractivity (Wildman–Crippen MR) is 106 cm³/mol. The van der Waals surface area contributed by atoms with Gasteiger partial charge in [0.05, 0.1) is 5.92 Å². The third kappa shape index (κ3) is 5.31. The topological polar surface area (TPSA) is 98.7 Å². The molecule has 0 radical (unpaired) electrons. The summed E-state index contributed by atoms with van der Waals surface area (Å²) in [7, 11) is 0. The molecule has 3 amide bonds. The van der Waals surface area contributed by atoms with Crippen molar-refractivity contribution >= 4 is 29.3 Å². The van der Waals surface area contributed by atoms with Gasteiger partial charge in [-0.05, 0) is 48.7 Å². The Morgan fingerprint density at radius 2 is 1.72 bits per heavy atom. The van der Waals surface area contributed by atoms with E-state index in [1.807, 2.05) is 6.92 Å². The SMILES string of the molecule is CC1CC(C(=O)O)CN(C(=O)Nc2cccc(C(=O)Nc3cccc(F)c3)c2)C1. The van der Waals surface area contributed by atoms with Crippen molar-refractivity contribution in [1.29, 1.82) is 0 Å². The molecule has 1 saturated heterocycles. The first kappa shape index (κ1) is 20.3. The number of aliphatic carboxylic acids is 1. The second kappa shape index (κ2) is 8.72. The lowest BCUT2D eigenvalue weighted by atomic mass is 9.91. The number of rotatable bonds is 4. The minimum absolute atomic E-state index is 0.0824. The first-order valence-corrected chi connectivity index (χ1v) is 9.27. The lowest BCUT2D eigenvalue weighted by Crippen LogP contribution is -2.47. The fourth-order valence-electron chi connectivity index (χ4n) is 3.41. The molecule has 29 heavy (non-hydrogen) atoms. The highest BCUT2D eigenvalue weighted by molar-refractivity contribution is 6.05. The van der Waals surface area contributed by atoms with Gasteiger partial charge in [-0.1, -0.05) is 19.1 Å². The average molecular weight is 399 g/mol. The molecule has 2 aromatic carbocycles. The third-order valence-electron chi connectivity index (χ3n) is 4.75. The van der Waals surface area contributed by atoms with Crippen LogP contribution >= 0.6 is 0 Å². The monoisotopic (exact) mass is 399 g/mol. The predicted octanol–water partition coefficient (Wildman–Crippen LogP) is 3.65. The molecule has 152 valence electrons. The van der Waals surface area contributed by atoms with Gasteiger partial charge in [0.2, 0.25) is 0 Å². The Labute approximate surface area is 167 Å². The zero-order chi connectivity index (χ0) is 21.0. The number of carboxylic acid groups (broad SMARTS) is 1. The van der Waals surface area contributed by atoms with Crippen molar-refractivity contribution in [3.8, 4) is 0 Å². The van der Waals surface area contributed by atoms with Gasteiger partial charge in [0, 0.05) is 30.0 Å². The molecule has 0 aliphatic carbocycles. The second-order valence-corrected chi connectivity index (χ2v) is 7.26. The van der Waals surface area contributed by atoms with E-state index in [9.17, 15) is 23.9 Å². The molecule has 3 rings (SSSR count). The largest absolute Gasteiger partial charge is 0.481 e. The van der Waals surface area contributed by atoms with Crippen LogP contribution in [-0.4, -0.2) is 41.0 Å². The normalized spacial score (nSPS) is 18.8. The van der Waals surface area contributed by atoms with Gasteiger partial charge in [0.25, 0.3) is 5.91 Å². The maximum Gasteiger partial charge on any atom is 0.321 e. The molecule has 2 atom stereocenters. The molecule has 1 aliphatic heterocycles. The molecule has 1 fully saturated rings. The number of carboxylic acids is 1. The molecule has 0 bridgehead atoms. The number of anilines is 2. The quantitative estimate of drug-likeness (QED) is 0.731. The number of hydrogen-bond donors (Lipinski definition) is 3. The molecule has 7 nitrogen and oxygen atoms in total. The highest BCUT2D eigenvalue weighted by Gasteiger charge is 2.31. The fourth-order valence-corrected chi connectivity index (χ4v) is 3.41. The molecular weight excluding hydrogens is 377 g/mol. The molecule has 8 heteroatoms. The van der Waals surface area contributed by atoms with E-state index in [1.54, 1.807) is 24.3 Å². The van der Waals surface area contributed by atoms with E-state index in [0.717, 1.165) is 0 Å². The molecule has 1 aliphatic rings. The first-order chi connectivity index (χ1) is 13.8. The zero-order valence-electron chi connectivity index (χ0n) is 15.9. The molecule has 3 N–H and O–H groups in total. The van der Waals surface area contributed by atoms with Gasteiger partial charge in [0.15, 0.2) is 0 Å². The number of hydrogen-bond acceptors (Lipinski definition) is 3. The molecule has 0 spiro atoms. The lowest BCUT2D eigenvalue weighted by molar-refractivity contribution is -0.143. The number of urea groups is 1. The Bertz CT molecular complexity index is 934. The van der Waals surface area contributed by atoms with Crippen LogP contribution in [0.4, 0.5) is 20.6 Å². The number of halogens is 1. The van der Waals surface area contributed by atoms with Crippen molar-refractivity contribution in [3.05, 3.63) is 59.9 Å². The van der Waals surface area contributed by atoms with Crippen molar-refractivity contribution in [2.45, 2.75) is 13.3 Å². The standard InChI is InChI=1S/C21H22FN3O4/c1-13-8-15(20(27)28)12-25(11-13)21(29)24-17-6-2-4-14(9-17)19(26)23-18-7-3-5-16(22)10-18/h2-7,9-10,13,15H,8,11-12H2,1H3,(H,23,26)(H,24,29)(H,27,28). The smallest absolute Gasteiger partial charge is 0.321 e. The molecule has 2 aromatic rings. The van der Waals surface area contributed by atoms with Gasteiger partial charge in [0.1, 0.15) is 5.82 Å². The summed E-state index contributed by atoms with van der Waals surface area (Å²) >= 11 is 0. The van der Waals surface area contributed by atoms with E-state index in [-0.39, 0.29) is 12.5 Å². The van der Waals surface area contributed by atoms with E-state index in [2.05, 4.69) is 10.6 Å². The van der Waals surface area contributed by atoms with Crippen LogP contribution in [0.5, 0.6) is 0 Å². The Morgan fingerprint density at radius 3 is 2.41 bits per heavy atom. The average Bonchev–Trinajstić information content (AvgIpc) is 2.67. The zero-order valence-corrected chi connectivity index (χ0v) is 15.9.